The standard InChI is InChI=1S/C10H16N2O2/c1-12(7-8-13-2)9-3-5-10(14-11)6-4-9/h3-6H,7-8,11H2,1-2H3. The second-order valence-electron chi connectivity index (χ2n) is 3.03. The molecule has 0 spiro atoms. The predicted molar refractivity (Wildman–Crippen MR) is 56.4 cm³/mol. The largest absolute Gasteiger partial charge is 0.412 e. The minimum atomic E-state index is 0.661. The molecule has 0 aliphatic heterocycles. The summed E-state index contributed by atoms with van der Waals surface area (Å²) in [5.41, 5.74) is 1.11. The van der Waals surface area contributed by atoms with E-state index in [1.54, 1.807) is 7.11 Å². The summed E-state index contributed by atoms with van der Waals surface area (Å²) >= 11 is 0. The van der Waals surface area contributed by atoms with Crippen LogP contribution in [0.15, 0.2) is 24.3 Å². The van der Waals surface area contributed by atoms with Crippen LogP contribution < -0.4 is 15.6 Å². The highest BCUT2D eigenvalue weighted by Gasteiger charge is 2.00. The van der Waals surface area contributed by atoms with Crippen molar-refractivity contribution in [3.05, 3.63) is 24.3 Å². The second kappa shape index (κ2) is 5.47. The van der Waals surface area contributed by atoms with E-state index in [9.17, 15) is 0 Å². The molecule has 1 aromatic carbocycles. The highest BCUT2D eigenvalue weighted by molar-refractivity contribution is 5.48. The lowest BCUT2D eigenvalue weighted by Crippen LogP contribution is -2.21. The van der Waals surface area contributed by atoms with Gasteiger partial charge in [0.2, 0.25) is 0 Å². The lowest BCUT2D eigenvalue weighted by Gasteiger charge is -2.18. The lowest BCUT2D eigenvalue weighted by molar-refractivity contribution is 0.206. The first kappa shape index (κ1) is 10.8. The number of anilines is 1. The zero-order valence-corrected chi connectivity index (χ0v) is 8.56. The molecule has 0 aliphatic rings. The van der Waals surface area contributed by atoms with Crippen molar-refractivity contribution in [1.29, 1.82) is 0 Å². The Hall–Kier alpha value is -1.26. The van der Waals surface area contributed by atoms with Gasteiger partial charge in [-0.05, 0) is 24.3 Å². The van der Waals surface area contributed by atoms with Gasteiger partial charge in [-0.25, -0.2) is 0 Å². The van der Waals surface area contributed by atoms with E-state index in [-0.39, 0.29) is 0 Å². The molecule has 0 fully saturated rings. The Morgan fingerprint density at radius 3 is 2.43 bits per heavy atom. The van der Waals surface area contributed by atoms with Gasteiger partial charge in [0.15, 0.2) is 0 Å². The van der Waals surface area contributed by atoms with Gasteiger partial charge >= 0.3 is 0 Å². The molecule has 0 aliphatic carbocycles. The van der Waals surface area contributed by atoms with E-state index in [4.69, 9.17) is 10.6 Å². The minimum Gasteiger partial charge on any atom is -0.412 e. The molecule has 1 aromatic rings. The van der Waals surface area contributed by atoms with Gasteiger partial charge in [0.1, 0.15) is 5.75 Å². The fourth-order valence-electron chi connectivity index (χ4n) is 1.14. The van der Waals surface area contributed by atoms with Crippen molar-refractivity contribution in [2.75, 3.05) is 32.2 Å². The molecular weight excluding hydrogens is 180 g/mol. The molecule has 0 heterocycles. The molecule has 0 saturated heterocycles. The van der Waals surface area contributed by atoms with Crippen LogP contribution in [0.2, 0.25) is 0 Å². The van der Waals surface area contributed by atoms with E-state index in [0.29, 0.717) is 12.4 Å². The molecule has 0 bridgehead atoms. The summed E-state index contributed by atoms with van der Waals surface area (Å²) in [4.78, 5) is 6.69. The van der Waals surface area contributed by atoms with Gasteiger partial charge in [-0.2, -0.15) is 5.90 Å². The first-order valence-electron chi connectivity index (χ1n) is 4.45. The Morgan fingerprint density at radius 1 is 1.29 bits per heavy atom. The van der Waals surface area contributed by atoms with E-state index in [0.717, 1.165) is 12.2 Å². The maximum atomic E-state index is 5.02. The molecule has 0 atom stereocenters. The Bertz CT molecular complexity index is 261. The zero-order valence-electron chi connectivity index (χ0n) is 8.56. The molecule has 0 saturated carbocycles. The predicted octanol–water partition coefficient (Wildman–Crippen LogP) is 1.02. The van der Waals surface area contributed by atoms with Crippen molar-refractivity contribution in [3.8, 4) is 5.75 Å². The summed E-state index contributed by atoms with van der Waals surface area (Å²) in [5, 5.41) is 0. The van der Waals surface area contributed by atoms with Crippen LogP contribution in [-0.2, 0) is 4.74 Å². The van der Waals surface area contributed by atoms with Gasteiger partial charge in [0.05, 0.1) is 6.61 Å². The fraction of sp³-hybridized carbons (Fsp3) is 0.400. The van der Waals surface area contributed by atoms with Gasteiger partial charge in [-0.3, -0.25) is 0 Å². The number of hydrogen-bond acceptors (Lipinski definition) is 4. The van der Waals surface area contributed by atoms with Crippen molar-refractivity contribution in [1.82, 2.24) is 0 Å². The second-order valence-corrected chi connectivity index (χ2v) is 3.03. The summed E-state index contributed by atoms with van der Waals surface area (Å²) in [5.74, 6) is 5.68. The number of likely N-dealkylation sites (N-methyl/N-ethyl adjacent to an activating group) is 1. The van der Waals surface area contributed by atoms with Crippen molar-refractivity contribution in [2.45, 2.75) is 0 Å². The van der Waals surface area contributed by atoms with Crippen LogP contribution in [0.4, 0.5) is 5.69 Å². The Labute approximate surface area is 84.2 Å². The molecule has 2 N–H and O–H groups in total. The van der Waals surface area contributed by atoms with Crippen molar-refractivity contribution < 1.29 is 9.57 Å². The normalized spacial score (nSPS) is 9.93. The number of methoxy groups -OCH3 is 1. The molecule has 0 amide bonds. The Balaban J connectivity index is 2.57. The molecular formula is C10H16N2O2. The number of nitrogens with zero attached hydrogens (tertiary/aromatic N) is 1. The van der Waals surface area contributed by atoms with Gasteiger partial charge in [0, 0.05) is 26.4 Å². The maximum Gasteiger partial charge on any atom is 0.146 e. The van der Waals surface area contributed by atoms with Crippen molar-refractivity contribution >= 4 is 5.69 Å². The van der Waals surface area contributed by atoms with Crippen LogP contribution in [-0.4, -0.2) is 27.3 Å². The molecule has 0 aromatic heterocycles. The molecule has 0 radical (unpaired) electrons. The van der Waals surface area contributed by atoms with Crippen LogP contribution in [0, 0.1) is 0 Å². The Kier molecular flexibility index (Phi) is 4.22. The lowest BCUT2D eigenvalue weighted by atomic mass is 10.3. The third kappa shape index (κ3) is 2.90. The monoisotopic (exact) mass is 196 g/mol. The molecule has 1 rings (SSSR count). The smallest absolute Gasteiger partial charge is 0.146 e. The maximum absolute atomic E-state index is 5.02. The summed E-state index contributed by atoms with van der Waals surface area (Å²) in [6.07, 6.45) is 0. The summed E-state index contributed by atoms with van der Waals surface area (Å²) < 4.78 is 4.99. The number of rotatable bonds is 5. The van der Waals surface area contributed by atoms with Gasteiger partial charge < -0.3 is 14.5 Å². The highest BCUT2D eigenvalue weighted by Crippen LogP contribution is 2.17. The van der Waals surface area contributed by atoms with Crippen LogP contribution in [0.3, 0.4) is 0 Å². The zero-order chi connectivity index (χ0) is 10.4. The molecule has 14 heavy (non-hydrogen) atoms. The fourth-order valence-corrected chi connectivity index (χ4v) is 1.14. The van der Waals surface area contributed by atoms with Crippen LogP contribution in [0.5, 0.6) is 5.75 Å². The molecule has 0 unspecified atom stereocenters. The average molecular weight is 196 g/mol. The van der Waals surface area contributed by atoms with Crippen LogP contribution >= 0.6 is 0 Å². The number of hydrogen-bond donors (Lipinski definition) is 1. The molecule has 4 nitrogen and oxygen atoms in total. The quantitative estimate of drug-likeness (QED) is 0.714. The number of nitrogens with two attached hydrogens (primary N) is 1. The van der Waals surface area contributed by atoms with E-state index in [1.165, 1.54) is 0 Å². The van der Waals surface area contributed by atoms with E-state index < -0.39 is 0 Å². The van der Waals surface area contributed by atoms with Gasteiger partial charge in [-0.1, -0.05) is 0 Å². The SMILES string of the molecule is COCCN(C)c1ccc(ON)cc1. The highest BCUT2D eigenvalue weighted by atomic mass is 16.6. The van der Waals surface area contributed by atoms with Crippen molar-refractivity contribution in [3.63, 3.8) is 0 Å². The summed E-state index contributed by atoms with van der Waals surface area (Å²) in [6.45, 7) is 1.57. The first-order valence-corrected chi connectivity index (χ1v) is 4.45. The van der Waals surface area contributed by atoms with Gasteiger partial charge in [-0.15, -0.1) is 0 Å². The number of benzene rings is 1. The van der Waals surface area contributed by atoms with Crippen LogP contribution in [0.1, 0.15) is 0 Å². The van der Waals surface area contributed by atoms with Crippen molar-refractivity contribution in [2.24, 2.45) is 5.90 Å². The molecule has 4 heteroatoms. The number of ether oxygens (including phenoxy) is 1. The minimum absolute atomic E-state index is 0.661. The van der Waals surface area contributed by atoms with E-state index >= 15 is 0 Å². The van der Waals surface area contributed by atoms with Crippen LogP contribution in [0.25, 0.3) is 0 Å². The third-order valence-electron chi connectivity index (χ3n) is 2.04. The molecule has 78 valence electrons. The van der Waals surface area contributed by atoms with E-state index in [1.807, 2.05) is 31.3 Å². The summed E-state index contributed by atoms with van der Waals surface area (Å²) in [6, 6.07) is 7.58. The average Bonchev–Trinajstić information content (AvgIpc) is 2.26. The third-order valence-corrected chi connectivity index (χ3v) is 2.04. The van der Waals surface area contributed by atoms with E-state index in [2.05, 4.69) is 9.74 Å². The topological polar surface area (TPSA) is 47.7 Å². The first-order chi connectivity index (χ1) is 6.77. The Morgan fingerprint density at radius 2 is 1.93 bits per heavy atom. The summed E-state index contributed by atoms with van der Waals surface area (Å²) in [7, 11) is 3.70. The van der Waals surface area contributed by atoms with Gasteiger partial charge in [0.25, 0.3) is 0 Å².